The first-order valence-electron chi connectivity index (χ1n) is 6.08. The molecular formula is C14H19NO2. The van der Waals surface area contributed by atoms with E-state index in [2.05, 4.69) is 5.32 Å². The van der Waals surface area contributed by atoms with E-state index in [0.717, 1.165) is 35.4 Å². The van der Waals surface area contributed by atoms with Gasteiger partial charge in [-0.2, -0.15) is 0 Å². The van der Waals surface area contributed by atoms with E-state index in [-0.39, 0.29) is 11.8 Å². The molecule has 0 atom stereocenters. The molecule has 17 heavy (non-hydrogen) atoms. The van der Waals surface area contributed by atoms with Gasteiger partial charge in [0, 0.05) is 11.6 Å². The van der Waals surface area contributed by atoms with Gasteiger partial charge in [0.25, 0.3) is 0 Å². The first-order valence-corrected chi connectivity index (χ1v) is 6.08. The molecule has 0 aliphatic heterocycles. The second-order valence-corrected chi connectivity index (χ2v) is 4.75. The number of benzene rings is 1. The fraction of sp³-hybridized carbons (Fsp3) is 0.500. The van der Waals surface area contributed by atoms with Gasteiger partial charge in [0.1, 0.15) is 5.75 Å². The highest BCUT2D eigenvalue weighted by molar-refractivity contribution is 5.94. The van der Waals surface area contributed by atoms with Crippen LogP contribution in [0.4, 0.5) is 5.69 Å². The van der Waals surface area contributed by atoms with Crippen molar-refractivity contribution in [1.29, 1.82) is 0 Å². The summed E-state index contributed by atoms with van der Waals surface area (Å²) in [6, 6.07) is 3.90. The number of hydrogen-bond donors (Lipinski definition) is 1. The van der Waals surface area contributed by atoms with E-state index in [1.165, 1.54) is 6.42 Å². The van der Waals surface area contributed by atoms with Crippen molar-refractivity contribution in [3.05, 3.63) is 23.3 Å². The average molecular weight is 233 g/mol. The fourth-order valence-electron chi connectivity index (χ4n) is 2.13. The quantitative estimate of drug-likeness (QED) is 0.871. The summed E-state index contributed by atoms with van der Waals surface area (Å²) >= 11 is 0. The Labute approximate surface area is 102 Å². The molecule has 0 saturated heterocycles. The van der Waals surface area contributed by atoms with Crippen LogP contribution in [0.2, 0.25) is 0 Å². The number of ether oxygens (including phenoxy) is 1. The molecule has 0 spiro atoms. The van der Waals surface area contributed by atoms with Gasteiger partial charge in [-0.15, -0.1) is 0 Å². The summed E-state index contributed by atoms with van der Waals surface area (Å²) < 4.78 is 5.20. The van der Waals surface area contributed by atoms with Crippen LogP contribution in [0.5, 0.6) is 5.75 Å². The Morgan fingerprint density at radius 3 is 2.29 bits per heavy atom. The van der Waals surface area contributed by atoms with Crippen molar-refractivity contribution in [2.45, 2.75) is 33.1 Å². The minimum Gasteiger partial charge on any atom is -0.497 e. The maximum Gasteiger partial charge on any atom is 0.227 e. The zero-order valence-corrected chi connectivity index (χ0v) is 10.7. The number of hydrogen-bond acceptors (Lipinski definition) is 2. The molecule has 0 aromatic heterocycles. The molecule has 1 aromatic carbocycles. The van der Waals surface area contributed by atoms with Crippen molar-refractivity contribution >= 4 is 11.6 Å². The number of carbonyl (C=O) groups is 1. The standard InChI is InChI=1S/C14H19NO2/c1-9-7-12(17-3)8-10(2)13(9)15-14(16)11-5-4-6-11/h7-8,11H,4-6H2,1-3H3,(H,15,16). The lowest BCUT2D eigenvalue weighted by Crippen LogP contribution is -2.28. The van der Waals surface area contributed by atoms with Crippen molar-refractivity contribution in [2.24, 2.45) is 5.92 Å². The SMILES string of the molecule is COc1cc(C)c(NC(=O)C2CCC2)c(C)c1. The number of rotatable bonds is 3. The molecule has 3 heteroatoms. The van der Waals surface area contributed by atoms with Crippen molar-refractivity contribution in [3.8, 4) is 5.75 Å². The van der Waals surface area contributed by atoms with Crippen LogP contribution in [0.15, 0.2) is 12.1 Å². The summed E-state index contributed by atoms with van der Waals surface area (Å²) in [7, 11) is 1.65. The topological polar surface area (TPSA) is 38.3 Å². The molecule has 1 aliphatic carbocycles. The van der Waals surface area contributed by atoms with Crippen LogP contribution >= 0.6 is 0 Å². The predicted octanol–water partition coefficient (Wildman–Crippen LogP) is 3.05. The van der Waals surface area contributed by atoms with E-state index in [1.54, 1.807) is 7.11 Å². The lowest BCUT2D eigenvalue weighted by molar-refractivity contribution is -0.122. The Hall–Kier alpha value is -1.51. The van der Waals surface area contributed by atoms with Crippen LogP contribution in [-0.4, -0.2) is 13.0 Å². The third kappa shape index (κ3) is 2.43. The summed E-state index contributed by atoms with van der Waals surface area (Å²) in [5, 5.41) is 3.04. The minimum absolute atomic E-state index is 0.160. The Morgan fingerprint density at radius 1 is 1.29 bits per heavy atom. The van der Waals surface area contributed by atoms with Crippen LogP contribution in [0.1, 0.15) is 30.4 Å². The molecule has 1 N–H and O–H groups in total. The second-order valence-electron chi connectivity index (χ2n) is 4.75. The molecule has 0 bridgehead atoms. The Balaban J connectivity index is 2.17. The van der Waals surface area contributed by atoms with E-state index < -0.39 is 0 Å². The summed E-state index contributed by atoms with van der Waals surface area (Å²) in [6.07, 6.45) is 3.23. The molecule has 1 fully saturated rings. The first kappa shape index (κ1) is 12.0. The zero-order chi connectivity index (χ0) is 12.4. The van der Waals surface area contributed by atoms with E-state index in [1.807, 2.05) is 26.0 Å². The summed E-state index contributed by atoms with van der Waals surface area (Å²) in [6.45, 7) is 3.98. The molecule has 3 nitrogen and oxygen atoms in total. The average Bonchev–Trinajstić information content (AvgIpc) is 2.20. The minimum atomic E-state index is 0.160. The van der Waals surface area contributed by atoms with E-state index in [9.17, 15) is 4.79 Å². The van der Waals surface area contributed by atoms with Gasteiger partial charge in [-0.05, 0) is 49.9 Å². The van der Waals surface area contributed by atoms with Gasteiger partial charge in [-0.25, -0.2) is 0 Å². The van der Waals surface area contributed by atoms with Gasteiger partial charge in [-0.3, -0.25) is 4.79 Å². The Morgan fingerprint density at radius 2 is 1.88 bits per heavy atom. The van der Waals surface area contributed by atoms with E-state index in [0.29, 0.717) is 0 Å². The summed E-state index contributed by atoms with van der Waals surface area (Å²) in [5.41, 5.74) is 3.03. The lowest BCUT2D eigenvalue weighted by Gasteiger charge is -2.25. The van der Waals surface area contributed by atoms with Gasteiger partial charge in [0.15, 0.2) is 0 Å². The first-order chi connectivity index (χ1) is 8.11. The Bertz CT molecular complexity index is 413. The van der Waals surface area contributed by atoms with Crippen molar-refractivity contribution in [2.75, 3.05) is 12.4 Å². The van der Waals surface area contributed by atoms with Crippen LogP contribution < -0.4 is 10.1 Å². The predicted molar refractivity (Wildman–Crippen MR) is 68.4 cm³/mol. The summed E-state index contributed by atoms with van der Waals surface area (Å²) in [5.74, 6) is 1.21. The van der Waals surface area contributed by atoms with Gasteiger partial charge < -0.3 is 10.1 Å². The highest BCUT2D eigenvalue weighted by Gasteiger charge is 2.25. The monoisotopic (exact) mass is 233 g/mol. The molecule has 92 valence electrons. The molecule has 1 amide bonds. The molecular weight excluding hydrogens is 214 g/mol. The largest absolute Gasteiger partial charge is 0.497 e. The molecule has 0 unspecified atom stereocenters. The van der Waals surface area contributed by atoms with Crippen molar-refractivity contribution in [3.63, 3.8) is 0 Å². The fourth-order valence-corrected chi connectivity index (χ4v) is 2.13. The molecule has 1 aliphatic rings. The van der Waals surface area contributed by atoms with E-state index >= 15 is 0 Å². The third-order valence-corrected chi connectivity index (χ3v) is 3.47. The van der Waals surface area contributed by atoms with Crippen LogP contribution in [0.3, 0.4) is 0 Å². The highest BCUT2D eigenvalue weighted by atomic mass is 16.5. The maximum absolute atomic E-state index is 11.9. The molecule has 1 saturated carbocycles. The number of methoxy groups -OCH3 is 1. The summed E-state index contributed by atoms with van der Waals surface area (Å²) in [4.78, 5) is 11.9. The molecule has 2 rings (SSSR count). The highest BCUT2D eigenvalue weighted by Crippen LogP contribution is 2.30. The number of amides is 1. The van der Waals surface area contributed by atoms with Gasteiger partial charge in [-0.1, -0.05) is 6.42 Å². The Kier molecular flexibility index (Phi) is 3.36. The van der Waals surface area contributed by atoms with Crippen LogP contribution in [0, 0.1) is 19.8 Å². The smallest absolute Gasteiger partial charge is 0.227 e. The normalized spacial score (nSPS) is 15.2. The van der Waals surface area contributed by atoms with Gasteiger partial charge in [0.2, 0.25) is 5.91 Å². The number of carbonyl (C=O) groups excluding carboxylic acids is 1. The van der Waals surface area contributed by atoms with Crippen molar-refractivity contribution < 1.29 is 9.53 Å². The zero-order valence-electron chi connectivity index (χ0n) is 10.7. The maximum atomic E-state index is 11.9. The molecule has 1 aromatic rings. The number of aryl methyl sites for hydroxylation is 2. The molecule has 0 heterocycles. The van der Waals surface area contributed by atoms with Crippen LogP contribution in [-0.2, 0) is 4.79 Å². The van der Waals surface area contributed by atoms with Gasteiger partial charge in [0.05, 0.1) is 7.11 Å². The van der Waals surface area contributed by atoms with Crippen LogP contribution in [0.25, 0.3) is 0 Å². The third-order valence-electron chi connectivity index (χ3n) is 3.47. The second kappa shape index (κ2) is 4.78. The lowest BCUT2D eigenvalue weighted by atomic mass is 9.84. The van der Waals surface area contributed by atoms with Gasteiger partial charge >= 0.3 is 0 Å². The number of anilines is 1. The van der Waals surface area contributed by atoms with E-state index in [4.69, 9.17) is 4.74 Å². The molecule has 0 radical (unpaired) electrons. The van der Waals surface area contributed by atoms with Crippen molar-refractivity contribution in [1.82, 2.24) is 0 Å². The number of nitrogens with one attached hydrogen (secondary N) is 1.